The van der Waals surface area contributed by atoms with Crippen molar-refractivity contribution < 1.29 is 9.84 Å². The third-order valence-electron chi connectivity index (χ3n) is 3.21. The SMILES string of the molecule is CC(C)n1ccnc1CN1CCOCC1CO. The summed E-state index contributed by atoms with van der Waals surface area (Å²) in [5.74, 6) is 1.06. The minimum atomic E-state index is 0.0982. The Kier molecular flexibility index (Phi) is 4.15. The van der Waals surface area contributed by atoms with Gasteiger partial charge in [-0.25, -0.2) is 4.98 Å². The van der Waals surface area contributed by atoms with Crippen LogP contribution < -0.4 is 0 Å². The van der Waals surface area contributed by atoms with Crippen LogP contribution in [0.15, 0.2) is 12.4 Å². The van der Waals surface area contributed by atoms with Crippen molar-refractivity contribution >= 4 is 0 Å². The molecule has 0 aliphatic carbocycles. The van der Waals surface area contributed by atoms with Gasteiger partial charge in [0, 0.05) is 25.0 Å². The molecular formula is C12H21N3O2. The van der Waals surface area contributed by atoms with Gasteiger partial charge in [0.05, 0.1) is 32.4 Å². The second-order valence-electron chi connectivity index (χ2n) is 4.73. The number of hydrogen-bond acceptors (Lipinski definition) is 4. The molecule has 1 aliphatic rings. The van der Waals surface area contributed by atoms with Crippen LogP contribution in [0.5, 0.6) is 0 Å². The lowest BCUT2D eigenvalue weighted by atomic mass is 10.2. The Labute approximate surface area is 102 Å². The Morgan fingerprint density at radius 1 is 1.59 bits per heavy atom. The fourth-order valence-corrected chi connectivity index (χ4v) is 2.18. The van der Waals surface area contributed by atoms with E-state index in [0.29, 0.717) is 12.6 Å². The monoisotopic (exact) mass is 239 g/mol. The zero-order valence-corrected chi connectivity index (χ0v) is 10.5. The van der Waals surface area contributed by atoms with Gasteiger partial charge in [-0.3, -0.25) is 4.90 Å². The third-order valence-corrected chi connectivity index (χ3v) is 3.21. The first-order valence-corrected chi connectivity index (χ1v) is 6.16. The Bertz CT molecular complexity index is 351. The van der Waals surface area contributed by atoms with Crippen LogP contribution >= 0.6 is 0 Å². The molecule has 1 aromatic rings. The minimum Gasteiger partial charge on any atom is -0.395 e. The van der Waals surface area contributed by atoms with Crippen molar-refractivity contribution in [3.63, 3.8) is 0 Å². The molecule has 17 heavy (non-hydrogen) atoms. The summed E-state index contributed by atoms with van der Waals surface area (Å²) in [5, 5.41) is 9.32. The Balaban J connectivity index is 2.05. The number of nitrogens with zero attached hydrogens (tertiary/aromatic N) is 3. The van der Waals surface area contributed by atoms with E-state index < -0.39 is 0 Å². The van der Waals surface area contributed by atoms with Crippen LogP contribution in [-0.2, 0) is 11.3 Å². The van der Waals surface area contributed by atoms with E-state index in [9.17, 15) is 5.11 Å². The van der Waals surface area contributed by atoms with Crippen molar-refractivity contribution in [1.82, 2.24) is 14.5 Å². The number of morpholine rings is 1. The standard InChI is InChI=1S/C12H21N3O2/c1-10(2)15-4-3-13-12(15)7-14-5-6-17-9-11(14)8-16/h3-4,10-11,16H,5-9H2,1-2H3. The number of aliphatic hydroxyl groups excluding tert-OH is 1. The summed E-state index contributed by atoms with van der Waals surface area (Å²) >= 11 is 0. The Morgan fingerprint density at radius 2 is 2.41 bits per heavy atom. The second kappa shape index (κ2) is 5.62. The van der Waals surface area contributed by atoms with Crippen molar-refractivity contribution in [3.8, 4) is 0 Å². The van der Waals surface area contributed by atoms with E-state index in [0.717, 1.165) is 25.5 Å². The summed E-state index contributed by atoms with van der Waals surface area (Å²) in [7, 11) is 0. The summed E-state index contributed by atoms with van der Waals surface area (Å²) in [6.45, 7) is 7.41. The van der Waals surface area contributed by atoms with Crippen molar-refractivity contribution in [2.45, 2.75) is 32.5 Å². The average molecular weight is 239 g/mol. The van der Waals surface area contributed by atoms with Crippen LogP contribution in [-0.4, -0.2) is 52.0 Å². The van der Waals surface area contributed by atoms with Crippen molar-refractivity contribution in [2.75, 3.05) is 26.4 Å². The maximum absolute atomic E-state index is 9.32. The number of hydrogen-bond donors (Lipinski definition) is 1. The molecule has 0 bridgehead atoms. The van der Waals surface area contributed by atoms with Crippen LogP contribution in [0.25, 0.3) is 0 Å². The first-order valence-electron chi connectivity index (χ1n) is 6.16. The average Bonchev–Trinajstić information content (AvgIpc) is 2.78. The summed E-state index contributed by atoms with van der Waals surface area (Å²) in [6, 6.07) is 0.516. The summed E-state index contributed by atoms with van der Waals surface area (Å²) in [6.07, 6.45) is 3.85. The predicted molar refractivity (Wildman–Crippen MR) is 64.7 cm³/mol. The fraction of sp³-hybridized carbons (Fsp3) is 0.750. The molecule has 0 radical (unpaired) electrons. The van der Waals surface area contributed by atoms with E-state index >= 15 is 0 Å². The molecule has 1 unspecified atom stereocenters. The molecule has 1 N–H and O–H groups in total. The van der Waals surface area contributed by atoms with Crippen LogP contribution in [0.2, 0.25) is 0 Å². The van der Waals surface area contributed by atoms with Crippen LogP contribution in [0.1, 0.15) is 25.7 Å². The molecule has 0 aromatic carbocycles. The highest BCUT2D eigenvalue weighted by molar-refractivity contribution is 4.95. The lowest BCUT2D eigenvalue weighted by Crippen LogP contribution is -2.47. The number of rotatable bonds is 4. The molecule has 0 spiro atoms. The number of imidazole rings is 1. The van der Waals surface area contributed by atoms with Gasteiger partial charge in [0.25, 0.3) is 0 Å². The Morgan fingerprint density at radius 3 is 3.12 bits per heavy atom. The summed E-state index contributed by atoms with van der Waals surface area (Å²) in [4.78, 5) is 6.64. The lowest BCUT2D eigenvalue weighted by Gasteiger charge is -2.34. The maximum atomic E-state index is 9.32. The topological polar surface area (TPSA) is 50.5 Å². The first-order chi connectivity index (χ1) is 8.22. The van der Waals surface area contributed by atoms with Gasteiger partial charge >= 0.3 is 0 Å². The molecule has 1 aliphatic heterocycles. The van der Waals surface area contributed by atoms with Gasteiger partial charge in [0.15, 0.2) is 0 Å². The summed E-state index contributed by atoms with van der Waals surface area (Å²) in [5.41, 5.74) is 0. The minimum absolute atomic E-state index is 0.0982. The van der Waals surface area contributed by atoms with Gasteiger partial charge in [0.1, 0.15) is 5.82 Å². The van der Waals surface area contributed by atoms with Gasteiger partial charge in [-0.05, 0) is 13.8 Å². The molecule has 2 rings (SSSR count). The van der Waals surface area contributed by atoms with Crippen molar-refractivity contribution in [2.24, 2.45) is 0 Å². The molecule has 5 nitrogen and oxygen atoms in total. The van der Waals surface area contributed by atoms with E-state index in [1.807, 2.05) is 12.4 Å². The second-order valence-corrected chi connectivity index (χ2v) is 4.73. The van der Waals surface area contributed by atoms with Gasteiger partial charge in [-0.2, -0.15) is 0 Å². The van der Waals surface area contributed by atoms with Crippen LogP contribution in [0.3, 0.4) is 0 Å². The molecule has 1 aromatic heterocycles. The number of aliphatic hydroxyl groups is 1. The molecule has 1 atom stereocenters. The highest BCUT2D eigenvalue weighted by Crippen LogP contribution is 2.14. The van der Waals surface area contributed by atoms with Gasteiger partial charge in [-0.15, -0.1) is 0 Å². The zero-order valence-electron chi connectivity index (χ0n) is 10.5. The Hall–Kier alpha value is -0.910. The quantitative estimate of drug-likeness (QED) is 0.838. The first kappa shape index (κ1) is 12.5. The van der Waals surface area contributed by atoms with Crippen LogP contribution in [0.4, 0.5) is 0 Å². The summed E-state index contributed by atoms with van der Waals surface area (Å²) < 4.78 is 7.54. The molecule has 0 saturated carbocycles. The van der Waals surface area contributed by atoms with Crippen LogP contribution in [0, 0.1) is 0 Å². The van der Waals surface area contributed by atoms with E-state index in [-0.39, 0.29) is 12.6 Å². The molecule has 96 valence electrons. The normalized spacial score (nSPS) is 22.2. The number of aromatic nitrogens is 2. The highest BCUT2D eigenvalue weighted by Gasteiger charge is 2.23. The smallest absolute Gasteiger partial charge is 0.123 e. The molecule has 2 heterocycles. The lowest BCUT2D eigenvalue weighted by molar-refractivity contribution is -0.0327. The maximum Gasteiger partial charge on any atom is 0.123 e. The van der Waals surface area contributed by atoms with E-state index in [1.54, 1.807) is 0 Å². The highest BCUT2D eigenvalue weighted by atomic mass is 16.5. The molecule has 5 heteroatoms. The molecular weight excluding hydrogens is 218 g/mol. The zero-order chi connectivity index (χ0) is 12.3. The van der Waals surface area contributed by atoms with E-state index in [4.69, 9.17) is 4.74 Å². The van der Waals surface area contributed by atoms with Gasteiger partial charge in [-0.1, -0.05) is 0 Å². The third kappa shape index (κ3) is 2.86. The van der Waals surface area contributed by atoms with Crippen molar-refractivity contribution in [1.29, 1.82) is 0 Å². The molecule has 1 saturated heterocycles. The van der Waals surface area contributed by atoms with Crippen molar-refractivity contribution in [3.05, 3.63) is 18.2 Å². The van der Waals surface area contributed by atoms with E-state index in [1.165, 1.54) is 0 Å². The molecule has 0 amide bonds. The predicted octanol–water partition coefficient (Wildman–Crippen LogP) is 0.657. The fourth-order valence-electron chi connectivity index (χ4n) is 2.18. The van der Waals surface area contributed by atoms with Gasteiger partial charge < -0.3 is 14.4 Å². The van der Waals surface area contributed by atoms with E-state index in [2.05, 4.69) is 28.3 Å². The molecule has 1 fully saturated rings. The number of ether oxygens (including phenoxy) is 1. The largest absolute Gasteiger partial charge is 0.395 e. The van der Waals surface area contributed by atoms with Gasteiger partial charge in [0.2, 0.25) is 0 Å².